The van der Waals surface area contributed by atoms with Gasteiger partial charge in [-0.05, 0) is 43.7 Å². The van der Waals surface area contributed by atoms with Gasteiger partial charge in [0.2, 0.25) is 0 Å². The third kappa shape index (κ3) is 3.82. The minimum atomic E-state index is 0.844. The Morgan fingerprint density at radius 3 is 2.48 bits per heavy atom. The van der Waals surface area contributed by atoms with E-state index >= 15 is 0 Å². The molecule has 3 heteroatoms. The first-order valence-electron chi connectivity index (χ1n) is 7.64. The molecule has 3 nitrogen and oxygen atoms in total. The van der Waals surface area contributed by atoms with E-state index in [1.54, 1.807) is 0 Å². The van der Waals surface area contributed by atoms with Crippen molar-refractivity contribution in [2.45, 2.75) is 33.7 Å². The van der Waals surface area contributed by atoms with Crippen LogP contribution in [0, 0.1) is 6.92 Å². The molecule has 0 amide bonds. The van der Waals surface area contributed by atoms with Gasteiger partial charge < -0.3 is 10.2 Å². The molecule has 0 atom stereocenters. The first-order chi connectivity index (χ1) is 10.2. The lowest BCUT2D eigenvalue weighted by molar-refractivity contribution is 0.723. The van der Waals surface area contributed by atoms with Crippen molar-refractivity contribution < 1.29 is 0 Å². The predicted molar refractivity (Wildman–Crippen MR) is 90.2 cm³/mol. The van der Waals surface area contributed by atoms with E-state index in [1.165, 1.54) is 22.5 Å². The lowest BCUT2D eigenvalue weighted by atomic mass is 10.1. The van der Waals surface area contributed by atoms with E-state index in [0.29, 0.717) is 0 Å². The van der Waals surface area contributed by atoms with Gasteiger partial charge in [0.05, 0.1) is 0 Å². The topological polar surface area (TPSA) is 28.2 Å². The third-order valence-electron chi connectivity index (χ3n) is 3.76. The van der Waals surface area contributed by atoms with Crippen molar-refractivity contribution in [2.24, 2.45) is 0 Å². The highest BCUT2D eigenvalue weighted by molar-refractivity contribution is 5.66. The van der Waals surface area contributed by atoms with Crippen molar-refractivity contribution in [1.82, 2.24) is 10.3 Å². The quantitative estimate of drug-likeness (QED) is 0.873. The zero-order chi connectivity index (χ0) is 15.2. The molecule has 0 radical (unpaired) electrons. The SMILES string of the molecule is CCNCc1cnc(C)cc1N(C)c1ccc(CC)cc1. The maximum Gasteiger partial charge on any atom is 0.0487 e. The highest BCUT2D eigenvalue weighted by Gasteiger charge is 2.10. The molecule has 1 heterocycles. The largest absolute Gasteiger partial charge is 0.344 e. The molecule has 1 N–H and O–H groups in total. The average molecular weight is 283 g/mol. The van der Waals surface area contributed by atoms with E-state index < -0.39 is 0 Å². The Morgan fingerprint density at radius 1 is 1.14 bits per heavy atom. The summed E-state index contributed by atoms with van der Waals surface area (Å²) in [6.07, 6.45) is 3.05. The van der Waals surface area contributed by atoms with E-state index in [2.05, 4.69) is 66.4 Å². The summed E-state index contributed by atoms with van der Waals surface area (Å²) in [7, 11) is 2.12. The number of anilines is 2. The lowest BCUT2D eigenvalue weighted by Gasteiger charge is -2.23. The second kappa shape index (κ2) is 7.23. The van der Waals surface area contributed by atoms with Crippen molar-refractivity contribution in [3.63, 3.8) is 0 Å². The number of hydrogen-bond donors (Lipinski definition) is 1. The van der Waals surface area contributed by atoms with E-state index in [0.717, 1.165) is 25.2 Å². The van der Waals surface area contributed by atoms with Crippen molar-refractivity contribution in [3.8, 4) is 0 Å². The summed E-state index contributed by atoms with van der Waals surface area (Å²) in [6.45, 7) is 8.14. The highest BCUT2D eigenvalue weighted by Crippen LogP contribution is 2.27. The third-order valence-corrected chi connectivity index (χ3v) is 3.76. The van der Waals surface area contributed by atoms with Gasteiger partial charge in [0.15, 0.2) is 0 Å². The smallest absolute Gasteiger partial charge is 0.0487 e. The summed E-state index contributed by atoms with van der Waals surface area (Å²) < 4.78 is 0. The molecular formula is C18H25N3. The van der Waals surface area contributed by atoms with Crippen LogP contribution in [0.15, 0.2) is 36.5 Å². The van der Waals surface area contributed by atoms with Gasteiger partial charge in [-0.2, -0.15) is 0 Å². The van der Waals surface area contributed by atoms with E-state index in [1.807, 2.05) is 13.1 Å². The molecule has 0 saturated heterocycles. The Hall–Kier alpha value is -1.87. The fourth-order valence-corrected chi connectivity index (χ4v) is 2.38. The molecule has 112 valence electrons. The van der Waals surface area contributed by atoms with Gasteiger partial charge in [0.1, 0.15) is 0 Å². The summed E-state index contributed by atoms with van der Waals surface area (Å²) in [6, 6.07) is 10.9. The molecular weight excluding hydrogens is 258 g/mol. The van der Waals surface area contributed by atoms with Crippen LogP contribution in [0.5, 0.6) is 0 Å². The molecule has 0 fully saturated rings. The number of nitrogens with one attached hydrogen (secondary N) is 1. The van der Waals surface area contributed by atoms with Gasteiger partial charge in [-0.25, -0.2) is 0 Å². The van der Waals surface area contributed by atoms with Crippen LogP contribution < -0.4 is 10.2 Å². The maximum absolute atomic E-state index is 4.43. The predicted octanol–water partition coefficient (Wildman–Crippen LogP) is 3.83. The summed E-state index contributed by atoms with van der Waals surface area (Å²) >= 11 is 0. The molecule has 1 aromatic heterocycles. The van der Waals surface area contributed by atoms with Gasteiger partial charge in [0, 0.05) is 42.4 Å². The molecule has 0 bridgehead atoms. The number of pyridine rings is 1. The molecule has 21 heavy (non-hydrogen) atoms. The van der Waals surface area contributed by atoms with Crippen molar-refractivity contribution in [2.75, 3.05) is 18.5 Å². The van der Waals surface area contributed by atoms with Crippen molar-refractivity contribution >= 4 is 11.4 Å². The molecule has 0 aliphatic heterocycles. The molecule has 0 spiro atoms. The molecule has 1 aromatic carbocycles. The highest BCUT2D eigenvalue weighted by atomic mass is 15.1. The molecule has 0 aliphatic rings. The molecule has 2 aromatic rings. The Kier molecular flexibility index (Phi) is 5.34. The van der Waals surface area contributed by atoms with Crippen LogP contribution in [0.4, 0.5) is 11.4 Å². The van der Waals surface area contributed by atoms with E-state index in [-0.39, 0.29) is 0 Å². The molecule has 0 unspecified atom stereocenters. The van der Waals surface area contributed by atoms with E-state index in [9.17, 15) is 0 Å². The van der Waals surface area contributed by atoms with Gasteiger partial charge in [-0.3, -0.25) is 4.98 Å². The fourth-order valence-electron chi connectivity index (χ4n) is 2.38. The lowest BCUT2D eigenvalue weighted by Crippen LogP contribution is -2.17. The van der Waals surface area contributed by atoms with Crippen LogP contribution >= 0.6 is 0 Å². The minimum absolute atomic E-state index is 0.844. The van der Waals surface area contributed by atoms with Crippen LogP contribution in [0.25, 0.3) is 0 Å². The number of aryl methyl sites for hydroxylation is 2. The fraction of sp³-hybridized carbons (Fsp3) is 0.389. The minimum Gasteiger partial charge on any atom is -0.344 e. The first-order valence-corrected chi connectivity index (χ1v) is 7.64. The van der Waals surface area contributed by atoms with Crippen molar-refractivity contribution in [3.05, 3.63) is 53.3 Å². The normalized spacial score (nSPS) is 10.7. The molecule has 0 aliphatic carbocycles. The van der Waals surface area contributed by atoms with Crippen LogP contribution in [0.1, 0.15) is 30.7 Å². The first kappa shape index (κ1) is 15.5. The molecule has 0 saturated carbocycles. The molecule has 2 rings (SSSR count). The Morgan fingerprint density at radius 2 is 1.86 bits per heavy atom. The number of aromatic nitrogens is 1. The van der Waals surface area contributed by atoms with Crippen molar-refractivity contribution in [1.29, 1.82) is 0 Å². The standard InChI is InChI=1S/C18H25N3/c1-5-15-7-9-17(10-8-15)21(4)18-11-14(3)20-13-16(18)12-19-6-2/h7-11,13,19H,5-6,12H2,1-4H3. The maximum atomic E-state index is 4.43. The summed E-state index contributed by atoms with van der Waals surface area (Å²) in [4.78, 5) is 6.67. The number of hydrogen-bond acceptors (Lipinski definition) is 3. The summed E-state index contributed by atoms with van der Waals surface area (Å²) in [5.74, 6) is 0. The van der Waals surface area contributed by atoms with Crippen LogP contribution in [0.2, 0.25) is 0 Å². The van der Waals surface area contributed by atoms with Gasteiger partial charge >= 0.3 is 0 Å². The Labute approximate surface area is 128 Å². The number of nitrogens with zero attached hydrogens (tertiary/aromatic N) is 2. The zero-order valence-electron chi connectivity index (χ0n) is 13.5. The summed E-state index contributed by atoms with van der Waals surface area (Å²) in [5.41, 5.74) is 6.06. The van der Waals surface area contributed by atoms with Crippen LogP contribution in [-0.2, 0) is 13.0 Å². The van der Waals surface area contributed by atoms with Gasteiger partial charge in [0.25, 0.3) is 0 Å². The second-order valence-electron chi connectivity index (χ2n) is 5.31. The Bertz CT molecular complexity index is 576. The van der Waals surface area contributed by atoms with Gasteiger partial charge in [-0.1, -0.05) is 26.0 Å². The monoisotopic (exact) mass is 283 g/mol. The Balaban J connectivity index is 2.31. The summed E-state index contributed by atoms with van der Waals surface area (Å²) in [5, 5.41) is 3.38. The average Bonchev–Trinajstić information content (AvgIpc) is 2.53. The van der Waals surface area contributed by atoms with Crippen LogP contribution in [0.3, 0.4) is 0 Å². The second-order valence-corrected chi connectivity index (χ2v) is 5.31. The van der Waals surface area contributed by atoms with E-state index in [4.69, 9.17) is 0 Å². The van der Waals surface area contributed by atoms with Gasteiger partial charge in [-0.15, -0.1) is 0 Å². The number of rotatable bonds is 6. The number of benzene rings is 1. The van der Waals surface area contributed by atoms with Crippen LogP contribution in [-0.4, -0.2) is 18.6 Å². The zero-order valence-corrected chi connectivity index (χ0v) is 13.5.